The molecule has 1 heterocycles. The molecule has 5 heteroatoms. The maximum Gasteiger partial charge on any atom is 0.0513 e. The molecule has 1 unspecified atom stereocenters. The van der Waals surface area contributed by atoms with Crippen molar-refractivity contribution < 1.29 is 0 Å². The van der Waals surface area contributed by atoms with Crippen molar-refractivity contribution in [1.82, 2.24) is 4.90 Å². The molecule has 0 aliphatic carbocycles. The Hall–Kier alpha value is -0.770. The molecule has 5 nitrogen and oxygen atoms in total. The Balaban J connectivity index is 2.28. The molecule has 0 bridgehead atoms. The van der Waals surface area contributed by atoms with Crippen LogP contribution < -0.4 is 5.73 Å². The first kappa shape index (κ1) is 8.33. The van der Waals surface area contributed by atoms with E-state index < -0.39 is 0 Å². The smallest absolute Gasteiger partial charge is 0.0513 e. The molecule has 1 aliphatic rings. The van der Waals surface area contributed by atoms with Gasteiger partial charge in [0.1, 0.15) is 0 Å². The maximum atomic E-state index is 8.16. The van der Waals surface area contributed by atoms with E-state index in [9.17, 15) is 0 Å². The fourth-order valence-electron chi connectivity index (χ4n) is 1.37. The summed E-state index contributed by atoms with van der Waals surface area (Å²) in [5.74, 6) is 0. The highest BCUT2D eigenvalue weighted by molar-refractivity contribution is 4.80. The summed E-state index contributed by atoms with van der Waals surface area (Å²) in [7, 11) is 0. The van der Waals surface area contributed by atoms with E-state index in [1.807, 2.05) is 0 Å². The van der Waals surface area contributed by atoms with Gasteiger partial charge >= 0.3 is 0 Å². The molecule has 1 fully saturated rings. The molecule has 0 aromatic rings. The quantitative estimate of drug-likeness (QED) is 0.362. The average Bonchev–Trinajstić information content (AvgIpc) is 2.38. The van der Waals surface area contributed by atoms with Crippen LogP contribution in [0.15, 0.2) is 5.11 Å². The number of rotatable bonds is 3. The molecular formula is C6H13N5. The summed E-state index contributed by atoms with van der Waals surface area (Å²) in [6, 6.07) is 0.173. The summed E-state index contributed by atoms with van der Waals surface area (Å²) in [5.41, 5.74) is 13.5. The number of nitrogens with two attached hydrogens (primary N) is 1. The molecular weight excluding hydrogens is 142 g/mol. The van der Waals surface area contributed by atoms with Crippen molar-refractivity contribution in [1.29, 1.82) is 0 Å². The zero-order valence-electron chi connectivity index (χ0n) is 6.48. The summed E-state index contributed by atoms with van der Waals surface area (Å²) < 4.78 is 0. The van der Waals surface area contributed by atoms with E-state index in [4.69, 9.17) is 11.3 Å². The molecule has 0 aromatic heterocycles. The van der Waals surface area contributed by atoms with Crippen molar-refractivity contribution >= 4 is 0 Å². The van der Waals surface area contributed by atoms with Crippen molar-refractivity contribution in [3.8, 4) is 0 Å². The predicted molar refractivity (Wildman–Crippen MR) is 43.0 cm³/mol. The normalized spacial score (nSPS) is 25.0. The van der Waals surface area contributed by atoms with Crippen molar-refractivity contribution in [2.24, 2.45) is 10.8 Å². The minimum atomic E-state index is 0.173. The molecule has 62 valence electrons. The van der Waals surface area contributed by atoms with Gasteiger partial charge < -0.3 is 10.6 Å². The van der Waals surface area contributed by atoms with Gasteiger partial charge in [-0.3, -0.25) is 0 Å². The van der Waals surface area contributed by atoms with Crippen molar-refractivity contribution in [3.63, 3.8) is 0 Å². The van der Waals surface area contributed by atoms with Crippen LogP contribution in [0.5, 0.6) is 0 Å². The van der Waals surface area contributed by atoms with Gasteiger partial charge in [0.15, 0.2) is 0 Å². The third kappa shape index (κ3) is 2.38. The molecule has 0 amide bonds. The van der Waals surface area contributed by atoms with Gasteiger partial charge in [-0.15, -0.1) is 0 Å². The van der Waals surface area contributed by atoms with E-state index in [1.54, 1.807) is 0 Å². The first-order chi connectivity index (χ1) is 5.36. The van der Waals surface area contributed by atoms with Gasteiger partial charge in [-0.2, -0.15) is 0 Å². The number of hydrogen-bond donors (Lipinski definition) is 1. The number of azide groups is 1. The number of likely N-dealkylation sites (tertiary alicyclic amines) is 1. The zero-order chi connectivity index (χ0) is 8.10. The lowest BCUT2D eigenvalue weighted by atomic mass is 10.3. The van der Waals surface area contributed by atoms with Gasteiger partial charge in [0, 0.05) is 24.5 Å². The lowest BCUT2D eigenvalue weighted by molar-refractivity contribution is 0.344. The molecule has 0 saturated carbocycles. The molecule has 0 spiro atoms. The van der Waals surface area contributed by atoms with Gasteiger partial charge in [-0.25, -0.2) is 0 Å². The fourth-order valence-corrected chi connectivity index (χ4v) is 1.37. The second-order valence-corrected chi connectivity index (χ2v) is 2.74. The number of nitrogens with zero attached hydrogens (tertiary/aromatic N) is 4. The highest BCUT2D eigenvalue weighted by atomic mass is 15.2. The highest BCUT2D eigenvalue weighted by Crippen LogP contribution is 2.11. The minimum absolute atomic E-state index is 0.173. The zero-order valence-corrected chi connectivity index (χ0v) is 6.48. The molecule has 1 saturated heterocycles. The van der Waals surface area contributed by atoms with Crippen LogP contribution in [0.25, 0.3) is 10.4 Å². The SMILES string of the molecule is [N-]=[N+]=NC1CCN(CCN)C1. The van der Waals surface area contributed by atoms with E-state index in [0.29, 0.717) is 6.54 Å². The lowest BCUT2D eigenvalue weighted by Crippen LogP contribution is -2.27. The highest BCUT2D eigenvalue weighted by Gasteiger charge is 2.19. The summed E-state index contributed by atoms with van der Waals surface area (Å²) in [6.07, 6.45) is 0.976. The first-order valence-electron chi connectivity index (χ1n) is 3.83. The molecule has 11 heavy (non-hydrogen) atoms. The Morgan fingerprint density at radius 3 is 3.18 bits per heavy atom. The largest absolute Gasteiger partial charge is 0.329 e. The van der Waals surface area contributed by atoms with Crippen LogP contribution in [-0.4, -0.2) is 37.1 Å². The van der Waals surface area contributed by atoms with Crippen LogP contribution in [0.3, 0.4) is 0 Å². The fraction of sp³-hybridized carbons (Fsp3) is 1.00. The lowest BCUT2D eigenvalue weighted by Gasteiger charge is -2.12. The molecule has 1 rings (SSSR count). The topological polar surface area (TPSA) is 78.0 Å². The van der Waals surface area contributed by atoms with E-state index in [2.05, 4.69) is 14.9 Å². The number of hydrogen-bond acceptors (Lipinski definition) is 3. The molecule has 0 aromatic carbocycles. The molecule has 1 aliphatic heterocycles. The van der Waals surface area contributed by atoms with E-state index >= 15 is 0 Å². The van der Waals surface area contributed by atoms with Crippen LogP contribution in [0.1, 0.15) is 6.42 Å². The van der Waals surface area contributed by atoms with E-state index in [0.717, 1.165) is 26.1 Å². The summed E-state index contributed by atoms with van der Waals surface area (Å²) in [4.78, 5) is 5.00. The van der Waals surface area contributed by atoms with Crippen LogP contribution in [0, 0.1) is 0 Å². The van der Waals surface area contributed by atoms with Gasteiger partial charge in [-0.05, 0) is 18.5 Å². The average molecular weight is 155 g/mol. The Bertz CT molecular complexity index is 162. The third-order valence-electron chi connectivity index (χ3n) is 1.91. The third-order valence-corrected chi connectivity index (χ3v) is 1.91. The second-order valence-electron chi connectivity index (χ2n) is 2.74. The van der Waals surface area contributed by atoms with E-state index in [-0.39, 0.29) is 6.04 Å². The Labute approximate surface area is 65.8 Å². The monoisotopic (exact) mass is 155 g/mol. The summed E-state index contributed by atoms with van der Waals surface area (Å²) >= 11 is 0. The van der Waals surface area contributed by atoms with Gasteiger partial charge in [0.05, 0.1) is 6.04 Å². The standard InChI is InChI=1S/C6H13N5/c7-2-4-11-3-1-6(5-11)9-10-8/h6H,1-5,7H2. The van der Waals surface area contributed by atoms with Crippen molar-refractivity contribution in [2.75, 3.05) is 26.2 Å². The Kier molecular flexibility index (Phi) is 3.16. The van der Waals surface area contributed by atoms with Crippen molar-refractivity contribution in [3.05, 3.63) is 10.4 Å². The van der Waals surface area contributed by atoms with Gasteiger partial charge in [0.2, 0.25) is 0 Å². The molecule has 2 N–H and O–H groups in total. The van der Waals surface area contributed by atoms with Crippen LogP contribution >= 0.6 is 0 Å². The summed E-state index contributed by atoms with van der Waals surface area (Å²) in [5, 5.41) is 3.65. The Morgan fingerprint density at radius 1 is 1.73 bits per heavy atom. The van der Waals surface area contributed by atoms with Gasteiger partial charge in [0.25, 0.3) is 0 Å². The molecule has 1 atom stereocenters. The van der Waals surface area contributed by atoms with Crippen LogP contribution in [0.2, 0.25) is 0 Å². The summed E-state index contributed by atoms with van der Waals surface area (Å²) in [6.45, 7) is 3.49. The van der Waals surface area contributed by atoms with Crippen LogP contribution in [0.4, 0.5) is 0 Å². The van der Waals surface area contributed by atoms with E-state index in [1.165, 1.54) is 0 Å². The predicted octanol–water partition coefficient (Wildman–Crippen LogP) is 0.330. The first-order valence-corrected chi connectivity index (χ1v) is 3.83. The minimum Gasteiger partial charge on any atom is -0.329 e. The van der Waals surface area contributed by atoms with Gasteiger partial charge in [-0.1, -0.05) is 5.11 Å². The maximum absolute atomic E-state index is 8.16. The van der Waals surface area contributed by atoms with Crippen LogP contribution in [-0.2, 0) is 0 Å². The second kappa shape index (κ2) is 4.18. The molecule has 0 radical (unpaired) electrons. The Morgan fingerprint density at radius 2 is 2.55 bits per heavy atom. The van der Waals surface area contributed by atoms with Crippen molar-refractivity contribution in [2.45, 2.75) is 12.5 Å².